The number of hydrogen-bond donors (Lipinski definition) is 2. The minimum absolute atomic E-state index is 0.0576. The quantitative estimate of drug-likeness (QED) is 0.461. The second-order valence-electron chi connectivity index (χ2n) is 7.55. The van der Waals surface area contributed by atoms with Crippen molar-refractivity contribution in [2.75, 3.05) is 11.9 Å². The van der Waals surface area contributed by atoms with E-state index in [1.54, 1.807) is 19.1 Å². The lowest BCUT2D eigenvalue weighted by atomic mass is 9.97. The number of anilines is 2. The predicted octanol–water partition coefficient (Wildman–Crippen LogP) is 5.34. The minimum atomic E-state index is -0.428. The highest BCUT2D eigenvalue weighted by molar-refractivity contribution is 7.18. The van der Waals surface area contributed by atoms with Crippen LogP contribution in [-0.4, -0.2) is 18.3 Å². The van der Waals surface area contributed by atoms with Crippen LogP contribution in [0.3, 0.4) is 0 Å². The summed E-state index contributed by atoms with van der Waals surface area (Å²) in [5.41, 5.74) is 4.53. The van der Waals surface area contributed by atoms with Crippen molar-refractivity contribution in [1.82, 2.24) is 5.48 Å². The van der Waals surface area contributed by atoms with Crippen molar-refractivity contribution in [3.63, 3.8) is 0 Å². The lowest BCUT2D eigenvalue weighted by Gasteiger charge is -2.13. The van der Waals surface area contributed by atoms with Crippen molar-refractivity contribution in [2.24, 2.45) is 5.92 Å². The summed E-state index contributed by atoms with van der Waals surface area (Å²) in [6.07, 6.45) is 2.22. The van der Waals surface area contributed by atoms with Gasteiger partial charge in [-0.1, -0.05) is 19.9 Å². The average Bonchev–Trinajstić information content (AvgIpc) is 3.35. The number of aryl methyl sites for hydroxylation is 1. The van der Waals surface area contributed by atoms with Crippen LogP contribution >= 0.6 is 11.3 Å². The van der Waals surface area contributed by atoms with Crippen LogP contribution < -0.4 is 10.8 Å². The molecule has 3 rings (SSSR count). The molecule has 0 spiro atoms. The number of carbonyl (C=O) groups excluding carboxylic acids is 2. The summed E-state index contributed by atoms with van der Waals surface area (Å²) in [6.45, 7) is 7.60. The van der Waals surface area contributed by atoms with Crippen LogP contribution in [0.5, 0.6) is 0 Å². The molecule has 5 nitrogen and oxygen atoms in total. The zero-order valence-electron chi connectivity index (χ0n) is 16.5. The molecule has 1 aliphatic rings. The van der Waals surface area contributed by atoms with Gasteiger partial charge in [0, 0.05) is 0 Å². The number of hydrogen-bond acceptors (Lipinski definition) is 5. The van der Waals surface area contributed by atoms with Crippen molar-refractivity contribution in [3.8, 4) is 0 Å². The standard InChI is InChI=1S/C21H25FN2O3S/c1-11(2)17-18(20(26)24-27-10-14-6-7-14)21(28-19(17)13(4)25)23-16-8-5-12(3)9-15(16)22/h5,8-9,11,14,23H,6-7,10H2,1-4H3,(H,24,26). The first-order valence-electron chi connectivity index (χ1n) is 9.40. The van der Waals surface area contributed by atoms with Crippen molar-refractivity contribution in [1.29, 1.82) is 0 Å². The fourth-order valence-electron chi connectivity index (χ4n) is 2.97. The maximum absolute atomic E-state index is 14.3. The van der Waals surface area contributed by atoms with Gasteiger partial charge in [-0.2, -0.15) is 0 Å². The number of hydroxylamine groups is 1. The zero-order chi connectivity index (χ0) is 20.4. The number of carbonyl (C=O) groups is 2. The Morgan fingerprint density at radius 3 is 2.61 bits per heavy atom. The predicted molar refractivity (Wildman–Crippen MR) is 109 cm³/mol. The summed E-state index contributed by atoms with van der Waals surface area (Å²) in [6, 6.07) is 4.83. The molecule has 1 aliphatic carbocycles. The largest absolute Gasteiger partial charge is 0.344 e. The number of benzene rings is 1. The normalized spacial score (nSPS) is 13.6. The van der Waals surface area contributed by atoms with Gasteiger partial charge in [0.25, 0.3) is 5.91 Å². The van der Waals surface area contributed by atoms with E-state index in [-0.39, 0.29) is 17.4 Å². The van der Waals surface area contributed by atoms with Gasteiger partial charge >= 0.3 is 0 Å². The third-order valence-electron chi connectivity index (χ3n) is 4.62. The first-order chi connectivity index (χ1) is 13.3. The molecule has 150 valence electrons. The van der Waals surface area contributed by atoms with Gasteiger partial charge in [-0.3, -0.25) is 14.4 Å². The van der Waals surface area contributed by atoms with Crippen LogP contribution in [0.25, 0.3) is 0 Å². The molecule has 2 aromatic rings. The molecule has 0 atom stereocenters. The second-order valence-corrected chi connectivity index (χ2v) is 8.57. The van der Waals surface area contributed by atoms with Gasteiger partial charge < -0.3 is 5.32 Å². The van der Waals surface area contributed by atoms with E-state index in [9.17, 15) is 14.0 Å². The van der Waals surface area contributed by atoms with Crippen molar-refractivity contribution in [2.45, 2.75) is 46.5 Å². The minimum Gasteiger partial charge on any atom is -0.344 e. The highest BCUT2D eigenvalue weighted by Gasteiger charge is 2.29. The fraction of sp³-hybridized carbons (Fsp3) is 0.429. The second kappa shape index (κ2) is 8.41. The summed E-state index contributed by atoms with van der Waals surface area (Å²) in [5, 5.41) is 3.44. The summed E-state index contributed by atoms with van der Waals surface area (Å²) in [7, 11) is 0. The summed E-state index contributed by atoms with van der Waals surface area (Å²) in [4.78, 5) is 30.9. The number of Topliss-reactive ketones (excluding diaryl/α,β-unsaturated/α-hetero) is 1. The monoisotopic (exact) mass is 404 g/mol. The van der Waals surface area contributed by atoms with Crippen LogP contribution in [0.2, 0.25) is 0 Å². The van der Waals surface area contributed by atoms with E-state index in [1.807, 2.05) is 13.8 Å². The van der Waals surface area contributed by atoms with Gasteiger partial charge in [0.15, 0.2) is 5.78 Å². The molecule has 1 aromatic carbocycles. The van der Waals surface area contributed by atoms with Crippen molar-refractivity contribution < 1.29 is 18.8 Å². The Morgan fingerprint density at radius 1 is 1.32 bits per heavy atom. The van der Waals surface area contributed by atoms with Crippen LogP contribution in [0.1, 0.15) is 70.7 Å². The van der Waals surface area contributed by atoms with Gasteiger partial charge in [0.05, 0.1) is 22.7 Å². The lowest BCUT2D eigenvalue weighted by molar-refractivity contribution is 0.0270. The van der Waals surface area contributed by atoms with Gasteiger partial charge in [-0.05, 0) is 61.8 Å². The van der Waals surface area contributed by atoms with Gasteiger partial charge in [-0.15, -0.1) is 11.3 Å². The van der Waals surface area contributed by atoms with Crippen LogP contribution in [0, 0.1) is 18.7 Å². The Balaban J connectivity index is 1.97. The Morgan fingerprint density at radius 2 is 2.04 bits per heavy atom. The van der Waals surface area contributed by atoms with Crippen LogP contribution in [-0.2, 0) is 4.84 Å². The maximum Gasteiger partial charge on any atom is 0.278 e. The van der Waals surface area contributed by atoms with E-state index in [1.165, 1.54) is 24.3 Å². The lowest BCUT2D eigenvalue weighted by Crippen LogP contribution is -2.26. The van der Waals surface area contributed by atoms with Crippen molar-refractivity contribution in [3.05, 3.63) is 45.6 Å². The first-order valence-corrected chi connectivity index (χ1v) is 10.2. The van der Waals surface area contributed by atoms with E-state index >= 15 is 0 Å². The molecular formula is C21H25FN2O3S. The first kappa shape index (κ1) is 20.5. The molecule has 1 heterocycles. The third kappa shape index (κ3) is 4.59. The number of ketones is 1. The summed E-state index contributed by atoms with van der Waals surface area (Å²) >= 11 is 1.17. The van der Waals surface area contributed by atoms with Gasteiger partial charge in [0.2, 0.25) is 0 Å². The molecule has 1 saturated carbocycles. The van der Waals surface area contributed by atoms with Crippen molar-refractivity contribution >= 4 is 33.7 Å². The van der Waals surface area contributed by atoms with Gasteiger partial charge in [0.1, 0.15) is 10.8 Å². The number of nitrogens with one attached hydrogen (secondary N) is 2. The molecule has 0 bridgehead atoms. The summed E-state index contributed by atoms with van der Waals surface area (Å²) < 4.78 is 14.3. The molecule has 0 radical (unpaired) electrons. The molecule has 1 amide bonds. The number of amides is 1. The molecule has 0 aliphatic heterocycles. The topological polar surface area (TPSA) is 67.4 Å². The molecule has 0 saturated heterocycles. The molecule has 2 N–H and O–H groups in total. The molecule has 1 fully saturated rings. The molecule has 0 unspecified atom stereocenters. The summed E-state index contributed by atoms with van der Waals surface area (Å²) in [5.74, 6) is -0.528. The molecular weight excluding hydrogens is 379 g/mol. The molecule has 1 aromatic heterocycles. The highest BCUT2D eigenvalue weighted by atomic mass is 32.1. The van der Waals surface area contributed by atoms with E-state index in [0.29, 0.717) is 33.5 Å². The van der Waals surface area contributed by atoms with Gasteiger partial charge in [-0.25, -0.2) is 9.87 Å². The van der Waals surface area contributed by atoms with Crippen LogP contribution in [0.15, 0.2) is 18.2 Å². The Bertz CT molecular complexity index is 903. The number of halogens is 1. The Kier molecular flexibility index (Phi) is 6.15. The third-order valence-corrected chi connectivity index (χ3v) is 5.84. The number of thiophene rings is 1. The number of rotatable bonds is 8. The fourth-order valence-corrected chi connectivity index (χ4v) is 4.24. The van der Waals surface area contributed by atoms with E-state index < -0.39 is 11.7 Å². The SMILES string of the molecule is CC(=O)c1sc(Nc2ccc(C)cc2F)c(C(=O)NOCC2CC2)c1C(C)C. The average molecular weight is 405 g/mol. The highest BCUT2D eigenvalue weighted by Crippen LogP contribution is 2.40. The van der Waals surface area contributed by atoms with E-state index in [0.717, 1.165) is 18.4 Å². The van der Waals surface area contributed by atoms with Crippen LogP contribution in [0.4, 0.5) is 15.1 Å². The van der Waals surface area contributed by atoms with E-state index in [2.05, 4.69) is 10.8 Å². The zero-order valence-corrected chi connectivity index (χ0v) is 17.3. The Labute approximate surface area is 168 Å². The maximum atomic E-state index is 14.3. The Hall–Kier alpha value is -2.25. The molecule has 28 heavy (non-hydrogen) atoms. The van der Waals surface area contributed by atoms with E-state index in [4.69, 9.17) is 4.84 Å². The smallest absolute Gasteiger partial charge is 0.278 e. The molecule has 7 heteroatoms.